The molecule has 0 aromatic rings. The summed E-state index contributed by atoms with van der Waals surface area (Å²) in [5.74, 6) is -0.364. The first-order chi connectivity index (χ1) is 5.20. The number of methoxy groups -OCH3 is 2. The fourth-order valence-electron chi connectivity index (χ4n) is 0.645. The molecular weight excluding hydrogens is 148 g/mol. The van der Waals surface area contributed by atoms with Crippen LogP contribution in [0.4, 0.5) is 0 Å². The van der Waals surface area contributed by atoms with Crippen molar-refractivity contribution in [3.63, 3.8) is 0 Å². The molecule has 11 heavy (non-hydrogen) atoms. The van der Waals surface area contributed by atoms with Crippen LogP contribution in [0.1, 0.15) is 6.92 Å². The molecule has 0 amide bonds. The van der Waals surface area contributed by atoms with Crippen LogP contribution in [0.15, 0.2) is 0 Å². The van der Waals surface area contributed by atoms with Crippen molar-refractivity contribution in [2.75, 3.05) is 27.4 Å². The fraction of sp³-hybridized carbons (Fsp3) is 0.857. The zero-order valence-electron chi connectivity index (χ0n) is 7.12. The number of carbonyl (C=O) groups is 1. The van der Waals surface area contributed by atoms with Crippen molar-refractivity contribution in [2.24, 2.45) is 0 Å². The molecule has 0 rings (SSSR count). The Morgan fingerprint density at radius 3 is 2.45 bits per heavy atom. The number of esters is 1. The van der Waals surface area contributed by atoms with Crippen LogP contribution in [0.2, 0.25) is 0 Å². The highest BCUT2D eigenvalue weighted by Crippen LogP contribution is 1.91. The quantitative estimate of drug-likeness (QED) is 0.542. The van der Waals surface area contributed by atoms with Gasteiger partial charge >= 0.3 is 5.97 Å². The third-order valence-electron chi connectivity index (χ3n) is 0.996. The molecule has 0 heterocycles. The van der Waals surface area contributed by atoms with Gasteiger partial charge in [-0.25, -0.2) is 4.79 Å². The average molecular weight is 162 g/mol. The lowest BCUT2D eigenvalue weighted by atomic mass is 10.4. The molecule has 1 atom stereocenters. The Morgan fingerprint density at radius 1 is 1.36 bits per heavy atom. The Balaban J connectivity index is 3.40. The highest BCUT2D eigenvalue weighted by Gasteiger charge is 2.07. The molecule has 0 aromatic carbocycles. The van der Waals surface area contributed by atoms with E-state index >= 15 is 0 Å². The number of rotatable bonds is 5. The highest BCUT2D eigenvalue weighted by molar-refractivity contribution is 5.70. The van der Waals surface area contributed by atoms with Gasteiger partial charge in [0.2, 0.25) is 0 Å². The SMILES string of the molecule is COCC(=O)OC(C)COC. The van der Waals surface area contributed by atoms with Crippen molar-refractivity contribution in [1.82, 2.24) is 0 Å². The number of ether oxygens (including phenoxy) is 3. The third-order valence-corrected chi connectivity index (χ3v) is 0.996. The summed E-state index contributed by atoms with van der Waals surface area (Å²) < 4.78 is 14.2. The molecule has 0 N–H and O–H groups in total. The lowest BCUT2D eigenvalue weighted by Gasteiger charge is -2.10. The van der Waals surface area contributed by atoms with Crippen molar-refractivity contribution >= 4 is 5.97 Å². The molecule has 0 saturated carbocycles. The van der Waals surface area contributed by atoms with E-state index < -0.39 is 0 Å². The molecular formula is C7H14O4. The summed E-state index contributed by atoms with van der Waals surface area (Å²) >= 11 is 0. The molecule has 0 bridgehead atoms. The molecule has 0 aliphatic carbocycles. The van der Waals surface area contributed by atoms with E-state index in [9.17, 15) is 4.79 Å². The van der Waals surface area contributed by atoms with Crippen molar-refractivity contribution in [1.29, 1.82) is 0 Å². The minimum atomic E-state index is -0.364. The molecule has 0 aliphatic heterocycles. The second kappa shape index (κ2) is 6.12. The van der Waals surface area contributed by atoms with Crippen LogP contribution in [-0.4, -0.2) is 39.5 Å². The first-order valence-electron chi connectivity index (χ1n) is 3.38. The lowest BCUT2D eigenvalue weighted by molar-refractivity contribution is -0.154. The lowest BCUT2D eigenvalue weighted by Crippen LogP contribution is -2.22. The smallest absolute Gasteiger partial charge is 0.332 e. The topological polar surface area (TPSA) is 44.8 Å². The zero-order chi connectivity index (χ0) is 8.69. The summed E-state index contributed by atoms with van der Waals surface area (Å²) in [6.07, 6.45) is -0.206. The van der Waals surface area contributed by atoms with Crippen LogP contribution in [0.3, 0.4) is 0 Å². The molecule has 66 valence electrons. The van der Waals surface area contributed by atoms with E-state index in [4.69, 9.17) is 9.47 Å². The van der Waals surface area contributed by atoms with Gasteiger partial charge in [0, 0.05) is 14.2 Å². The molecule has 0 aliphatic rings. The Bertz CT molecular complexity index is 113. The number of hydrogen-bond acceptors (Lipinski definition) is 4. The van der Waals surface area contributed by atoms with Crippen molar-refractivity contribution in [3.05, 3.63) is 0 Å². The Kier molecular flexibility index (Phi) is 5.78. The standard InChI is InChI=1S/C7H14O4/c1-6(4-9-2)11-7(8)5-10-3/h6H,4-5H2,1-3H3. The first kappa shape index (κ1) is 10.4. The predicted molar refractivity (Wildman–Crippen MR) is 39.3 cm³/mol. The van der Waals surface area contributed by atoms with Crippen molar-refractivity contribution in [2.45, 2.75) is 13.0 Å². The van der Waals surface area contributed by atoms with Crippen LogP contribution in [0.5, 0.6) is 0 Å². The zero-order valence-corrected chi connectivity index (χ0v) is 7.12. The number of hydrogen-bond donors (Lipinski definition) is 0. The molecule has 0 radical (unpaired) electrons. The van der Waals surface area contributed by atoms with Gasteiger partial charge in [0.1, 0.15) is 12.7 Å². The van der Waals surface area contributed by atoms with E-state index in [1.807, 2.05) is 0 Å². The van der Waals surface area contributed by atoms with Gasteiger partial charge in [-0.2, -0.15) is 0 Å². The van der Waals surface area contributed by atoms with Gasteiger partial charge < -0.3 is 14.2 Å². The monoisotopic (exact) mass is 162 g/mol. The van der Waals surface area contributed by atoms with E-state index in [1.54, 1.807) is 14.0 Å². The molecule has 4 heteroatoms. The summed E-state index contributed by atoms with van der Waals surface area (Å²) in [4.78, 5) is 10.7. The third kappa shape index (κ3) is 5.82. The van der Waals surface area contributed by atoms with Gasteiger partial charge in [0.05, 0.1) is 6.61 Å². The van der Waals surface area contributed by atoms with Crippen LogP contribution < -0.4 is 0 Å². The Hall–Kier alpha value is -0.610. The molecule has 0 fully saturated rings. The maximum Gasteiger partial charge on any atom is 0.332 e. The second-order valence-corrected chi connectivity index (χ2v) is 2.19. The van der Waals surface area contributed by atoms with E-state index in [1.165, 1.54) is 7.11 Å². The van der Waals surface area contributed by atoms with Gasteiger partial charge in [-0.3, -0.25) is 0 Å². The van der Waals surface area contributed by atoms with Gasteiger partial charge in [-0.15, -0.1) is 0 Å². The summed E-state index contributed by atoms with van der Waals surface area (Å²) in [6.45, 7) is 2.17. The summed E-state index contributed by atoms with van der Waals surface area (Å²) in [5.41, 5.74) is 0. The normalized spacial score (nSPS) is 12.6. The van der Waals surface area contributed by atoms with Crippen LogP contribution in [0.25, 0.3) is 0 Å². The van der Waals surface area contributed by atoms with Crippen molar-refractivity contribution < 1.29 is 19.0 Å². The van der Waals surface area contributed by atoms with E-state index in [2.05, 4.69) is 4.74 Å². The van der Waals surface area contributed by atoms with Gasteiger partial charge in [0.15, 0.2) is 0 Å². The first-order valence-corrected chi connectivity index (χ1v) is 3.38. The van der Waals surface area contributed by atoms with Crippen molar-refractivity contribution in [3.8, 4) is 0 Å². The predicted octanol–water partition coefficient (Wildman–Crippen LogP) is 0.211. The molecule has 1 unspecified atom stereocenters. The average Bonchev–Trinajstić information content (AvgIpc) is 1.87. The molecule has 0 aromatic heterocycles. The van der Waals surface area contributed by atoms with E-state index in [0.29, 0.717) is 6.61 Å². The molecule has 4 nitrogen and oxygen atoms in total. The summed E-state index contributed by atoms with van der Waals surface area (Å²) in [5, 5.41) is 0. The minimum absolute atomic E-state index is 0.00590. The minimum Gasteiger partial charge on any atom is -0.459 e. The Morgan fingerprint density at radius 2 is 2.00 bits per heavy atom. The number of carbonyl (C=O) groups excluding carboxylic acids is 1. The van der Waals surface area contributed by atoms with Gasteiger partial charge in [0.25, 0.3) is 0 Å². The largest absolute Gasteiger partial charge is 0.459 e. The summed E-state index contributed by atoms with van der Waals surface area (Å²) in [6, 6.07) is 0. The van der Waals surface area contributed by atoms with E-state index in [0.717, 1.165) is 0 Å². The summed E-state index contributed by atoms with van der Waals surface area (Å²) in [7, 11) is 3.00. The van der Waals surface area contributed by atoms with Gasteiger partial charge in [-0.1, -0.05) is 0 Å². The van der Waals surface area contributed by atoms with Crippen LogP contribution >= 0.6 is 0 Å². The van der Waals surface area contributed by atoms with Gasteiger partial charge in [-0.05, 0) is 6.92 Å². The van der Waals surface area contributed by atoms with Crippen LogP contribution in [-0.2, 0) is 19.0 Å². The second-order valence-electron chi connectivity index (χ2n) is 2.19. The van der Waals surface area contributed by atoms with E-state index in [-0.39, 0.29) is 18.7 Å². The maximum absolute atomic E-state index is 10.7. The Labute approximate surface area is 66.4 Å². The molecule has 0 saturated heterocycles. The maximum atomic E-state index is 10.7. The van der Waals surface area contributed by atoms with Crippen LogP contribution in [0, 0.1) is 0 Å². The molecule has 0 spiro atoms. The fourth-order valence-corrected chi connectivity index (χ4v) is 0.645. The highest BCUT2D eigenvalue weighted by atomic mass is 16.6.